The predicted octanol–water partition coefficient (Wildman–Crippen LogP) is 5.14. The van der Waals surface area contributed by atoms with Crippen LogP contribution in [-0.2, 0) is 0 Å². The molecule has 6 heteroatoms. The van der Waals surface area contributed by atoms with Crippen LogP contribution in [0.5, 0.6) is 5.88 Å². The summed E-state index contributed by atoms with van der Waals surface area (Å²) in [6.45, 7) is 4.55. The summed E-state index contributed by atoms with van der Waals surface area (Å²) in [7, 11) is 0. The monoisotopic (exact) mass is 421 g/mol. The molecule has 6 rings (SSSR count). The Hall–Kier alpha value is -3.80. The number of nitrogens with zero attached hydrogens (tertiary/aromatic N) is 5. The number of aryl methyl sites for hydroxylation is 2. The van der Waals surface area contributed by atoms with Crippen LogP contribution >= 0.6 is 0 Å². The SMILES string of the molecule is Cc1ncc(-c2ccc3ncc(C)n3c2)c(OCC2C[C@H]2c2ccc3ccccc3n2)n1. The fourth-order valence-electron chi connectivity index (χ4n) is 4.29. The first kappa shape index (κ1) is 18.9. The zero-order chi connectivity index (χ0) is 21.7. The minimum atomic E-state index is 0.441. The second-order valence-electron chi connectivity index (χ2n) is 8.52. The molecule has 5 aromatic rings. The van der Waals surface area contributed by atoms with Crippen molar-refractivity contribution in [3.8, 4) is 17.0 Å². The zero-order valence-electron chi connectivity index (χ0n) is 18.1. The van der Waals surface area contributed by atoms with E-state index in [1.54, 1.807) is 0 Å². The minimum absolute atomic E-state index is 0.441. The van der Waals surface area contributed by atoms with E-state index >= 15 is 0 Å². The van der Waals surface area contributed by atoms with Gasteiger partial charge in [0.1, 0.15) is 11.5 Å². The van der Waals surface area contributed by atoms with Gasteiger partial charge in [-0.15, -0.1) is 0 Å². The van der Waals surface area contributed by atoms with Crippen molar-refractivity contribution >= 4 is 16.6 Å². The molecule has 2 atom stereocenters. The van der Waals surface area contributed by atoms with Gasteiger partial charge >= 0.3 is 0 Å². The Kier molecular flexibility index (Phi) is 4.38. The molecule has 0 aliphatic heterocycles. The summed E-state index contributed by atoms with van der Waals surface area (Å²) >= 11 is 0. The third-order valence-corrected chi connectivity index (χ3v) is 6.23. The number of pyridine rings is 2. The van der Waals surface area contributed by atoms with E-state index in [1.165, 1.54) is 5.39 Å². The van der Waals surface area contributed by atoms with Crippen molar-refractivity contribution in [2.45, 2.75) is 26.2 Å². The number of hydrogen-bond acceptors (Lipinski definition) is 5. The van der Waals surface area contributed by atoms with Gasteiger partial charge in [0, 0.05) is 52.8 Å². The maximum absolute atomic E-state index is 6.26. The summed E-state index contributed by atoms with van der Waals surface area (Å²) in [5.74, 6) is 2.22. The number of fused-ring (bicyclic) bond motifs is 2. The van der Waals surface area contributed by atoms with Crippen LogP contribution in [-0.4, -0.2) is 30.9 Å². The van der Waals surface area contributed by atoms with Crippen molar-refractivity contribution in [1.29, 1.82) is 0 Å². The van der Waals surface area contributed by atoms with E-state index in [0.717, 1.165) is 40.1 Å². The molecule has 0 amide bonds. The number of rotatable bonds is 5. The standard InChI is InChI=1S/C26H23N5O/c1-16-12-28-25-10-8-19(14-31(16)25)22-13-27-17(2)29-26(22)32-15-20-11-21(20)24-9-7-18-5-3-4-6-23(18)30-24/h3-10,12-14,20-21H,11,15H2,1-2H3/t20?,21-/m1/s1. The molecule has 1 unspecified atom stereocenters. The van der Waals surface area contributed by atoms with Gasteiger partial charge in [-0.25, -0.2) is 9.97 Å². The summed E-state index contributed by atoms with van der Waals surface area (Å²) in [6, 6.07) is 16.6. The number of aromatic nitrogens is 5. The zero-order valence-corrected chi connectivity index (χ0v) is 18.1. The molecule has 4 aromatic heterocycles. The first-order valence-corrected chi connectivity index (χ1v) is 10.9. The molecule has 1 aromatic carbocycles. The van der Waals surface area contributed by atoms with E-state index in [-0.39, 0.29) is 0 Å². The molecule has 1 aliphatic rings. The third-order valence-electron chi connectivity index (χ3n) is 6.23. The first-order valence-electron chi connectivity index (χ1n) is 10.9. The molecule has 4 heterocycles. The lowest BCUT2D eigenvalue weighted by molar-refractivity contribution is 0.285. The lowest BCUT2D eigenvalue weighted by atomic mass is 10.1. The maximum Gasteiger partial charge on any atom is 0.224 e. The van der Waals surface area contributed by atoms with Crippen molar-refractivity contribution in [3.05, 3.63) is 84.3 Å². The minimum Gasteiger partial charge on any atom is -0.477 e. The van der Waals surface area contributed by atoms with Crippen molar-refractivity contribution < 1.29 is 4.74 Å². The van der Waals surface area contributed by atoms with Crippen molar-refractivity contribution in [3.63, 3.8) is 0 Å². The van der Waals surface area contributed by atoms with Crippen molar-refractivity contribution in [1.82, 2.24) is 24.3 Å². The Balaban J connectivity index is 1.23. The Morgan fingerprint density at radius 3 is 2.81 bits per heavy atom. The van der Waals surface area contributed by atoms with E-state index in [1.807, 2.05) is 50.5 Å². The average molecular weight is 422 g/mol. The van der Waals surface area contributed by atoms with Gasteiger partial charge in [0.25, 0.3) is 0 Å². The number of ether oxygens (including phenoxy) is 1. The van der Waals surface area contributed by atoms with E-state index < -0.39 is 0 Å². The van der Waals surface area contributed by atoms with Gasteiger partial charge < -0.3 is 9.14 Å². The lowest BCUT2D eigenvalue weighted by Crippen LogP contribution is -2.06. The van der Waals surface area contributed by atoms with E-state index in [4.69, 9.17) is 9.72 Å². The molecule has 6 nitrogen and oxygen atoms in total. The summed E-state index contributed by atoms with van der Waals surface area (Å²) in [5.41, 5.74) is 6.11. The molecule has 0 radical (unpaired) electrons. The summed E-state index contributed by atoms with van der Waals surface area (Å²) in [4.78, 5) is 18.3. The normalized spacial score (nSPS) is 17.7. The van der Waals surface area contributed by atoms with Crippen LogP contribution in [0, 0.1) is 19.8 Å². The second kappa shape index (κ2) is 7.41. The topological polar surface area (TPSA) is 65.2 Å². The predicted molar refractivity (Wildman–Crippen MR) is 124 cm³/mol. The number of imidazole rings is 1. The Labute approximate surface area is 186 Å². The van der Waals surface area contributed by atoms with Gasteiger partial charge in [-0.3, -0.25) is 4.98 Å². The third kappa shape index (κ3) is 3.38. The van der Waals surface area contributed by atoms with Crippen molar-refractivity contribution in [2.75, 3.05) is 6.61 Å². The fraction of sp³-hybridized carbons (Fsp3) is 0.231. The highest BCUT2D eigenvalue weighted by atomic mass is 16.5. The van der Waals surface area contributed by atoms with Gasteiger partial charge in [-0.2, -0.15) is 4.98 Å². The molecule has 1 fully saturated rings. The highest BCUT2D eigenvalue weighted by molar-refractivity contribution is 5.78. The number of benzene rings is 1. The molecule has 0 bridgehead atoms. The molecule has 1 saturated carbocycles. The van der Waals surface area contributed by atoms with E-state index in [9.17, 15) is 0 Å². The van der Waals surface area contributed by atoms with Gasteiger partial charge in [-0.1, -0.05) is 24.3 Å². The molecule has 0 saturated heterocycles. The van der Waals surface area contributed by atoms with Crippen LogP contribution in [0.3, 0.4) is 0 Å². The van der Waals surface area contributed by atoms with Gasteiger partial charge in [0.2, 0.25) is 5.88 Å². The highest BCUT2D eigenvalue weighted by Crippen LogP contribution is 2.47. The van der Waals surface area contributed by atoms with Crippen LogP contribution in [0.25, 0.3) is 27.7 Å². The molecular weight excluding hydrogens is 398 g/mol. The summed E-state index contributed by atoms with van der Waals surface area (Å²) < 4.78 is 8.33. The molecule has 0 N–H and O–H groups in total. The Bertz CT molecular complexity index is 1460. The van der Waals surface area contributed by atoms with Crippen LogP contribution in [0.2, 0.25) is 0 Å². The number of hydrogen-bond donors (Lipinski definition) is 0. The Morgan fingerprint density at radius 2 is 1.88 bits per heavy atom. The van der Waals surface area contributed by atoms with Crippen LogP contribution in [0.15, 0.2) is 67.1 Å². The number of para-hydroxylation sites is 1. The second-order valence-corrected chi connectivity index (χ2v) is 8.52. The van der Waals surface area contributed by atoms with Crippen molar-refractivity contribution in [2.24, 2.45) is 5.92 Å². The highest BCUT2D eigenvalue weighted by Gasteiger charge is 2.40. The van der Waals surface area contributed by atoms with E-state index in [0.29, 0.717) is 30.1 Å². The Morgan fingerprint density at radius 1 is 0.969 bits per heavy atom. The van der Waals surface area contributed by atoms with Crippen LogP contribution in [0.4, 0.5) is 0 Å². The summed E-state index contributed by atoms with van der Waals surface area (Å²) in [5, 5.41) is 1.18. The lowest BCUT2D eigenvalue weighted by Gasteiger charge is -2.12. The average Bonchev–Trinajstić information content (AvgIpc) is 3.52. The maximum atomic E-state index is 6.26. The fourth-order valence-corrected chi connectivity index (χ4v) is 4.29. The van der Waals surface area contributed by atoms with E-state index in [2.05, 4.69) is 49.8 Å². The van der Waals surface area contributed by atoms with Crippen LogP contribution < -0.4 is 4.74 Å². The molecule has 32 heavy (non-hydrogen) atoms. The van der Waals surface area contributed by atoms with Gasteiger partial charge in [0.05, 0.1) is 17.7 Å². The largest absolute Gasteiger partial charge is 0.477 e. The molecule has 0 spiro atoms. The van der Waals surface area contributed by atoms with Crippen LogP contribution in [0.1, 0.15) is 29.6 Å². The van der Waals surface area contributed by atoms with Gasteiger partial charge in [0.15, 0.2) is 0 Å². The smallest absolute Gasteiger partial charge is 0.224 e. The molecular formula is C26H23N5O. The molecule has 158 valence electrons. The quantitative estimate of drug-likeness (QED) is 0.393. The van der Waals surface area contributed by atoms with Gasteiger partial charge in [-0.05, 0) is 44.5 Å². The first-order chi connectivity index (χ1) is 15.7. The molecule has 1 aliphatic carbocycles. The summed E-state index contributed by atoms with van der Waals surface area (Å²) in [6.07, 6.45) is 6.87.